The zero-order chi connectivity index (χ0) is 14.7. The smallest absolute Gasteiger partial charge is 0.228 e. The lowest BCUT2D eigenvalue weighted by Crippen LogP contribution is -2.14. The minimum Gasteiger partial charge on any atom is -0.326 e. The average Bonchev–Trinajstić information content (AvgIpc) is 2.95. The summed E-state index contributed by atoms with van der Waals surface area (Å²) >= 11 is 0. The van der Waals surface area contributed by atoms with E-state index in [4.69, 9.17) is 5.26 Å². The first-order chi connectivity index (χ1) is 10.2. The Morgan fingerprint density at radius 2 is 1.86 bits per heavy atom. The third-order valence-corrected chi connectivity index (χ3v) is 3.83. The number of anilines is 1. The Hall–Kier alpha value is -2.60. The molecular weight excluding hydrogens is 260 g/mol. The monoisotopic (exact) mass is 276 g/mol. The molecule has 0 radical (unpaired) electrons. The van der Waals surface area contributed by atoms with E-state index in [0.29, 0.717) is 12.0 Å². The van der Waals surface area contributed by atoms with Crippen molar-refractivity contribution in [2.24, 2.45) is 0 Å². The van der Waals surface area contributed by atoms with Gasteiger partial charge in [0.15, 0.2) is 0 Å². The van der Waals surface area contributed by atoms with E-state index in [1.54, 1.807) is 24.3 Å². The predicted octanol–water partition coefficient (Wildman–Crippen LogP) is 3.23. The summed E-state index contributed by atoms with van der Waals surface area (Å²) in [6.45, 7) is 0. The van der Waals surface area contributed by atoms with Gasteiger partial charge in [-0.2, -0.15) is 5.26 Å². The van der Waals surface area contributed by atoms with Crippen LogP contribution in [0.3, 0.4) is 0 Å². The fourth-order valence-electron chi connectivity index (χ4n) is 2.75. The van der Waals surface area contributed by atoms with Gasteiger partial charge in [-0.05, 0) is 60.2 Å². The first-order valence-corrected chi connectivity index (χ1v) is 7.15. The molecule has 0 fully saturated rings. The van der Waals surface area contributed by atoms with E-state index in [-0.39, 0.29) is 5.91 Å². The highest BCUT2D eigenvalue weighted by molar-refractivity contribution is 5.92. The lowest BCUT2D eigenvalue weighted by molar-refractivity contribution is -0.115. The molecule has 1 aliphatic carbocycles. The highest BCUT2D eigenvalue weighted by Crippen LogP contribution is 2.23. The van der Waals surface area contributed by atoms with Crippen molar-refractivity contribution < 1.29 is 4.79 Å². The van der Waals surface area contributed by atoms with Crippen LogP contribution in [0.25, 0.3) is 0 Å². The standard InChI is InChI=1S/C18H16N2O/c19-12-13-5-8-17(9-6-13)20-18(21)11-14-4-7-15-2-1-3-16(15)10-14/h4-10H,1-3,11H2,(H,20,21). The summed E-state index contributed by atoms with van der Waals surface area (Å²) in [6, 6.07) is 15.3. The highest BCUT2D eigenvalue weighted by Gasteiger charge is 2.12. The number of nitrogens with zero attached hydrogens (tertiary/aromatic N) is 1. The van der Waals surface area contributed by atoms with Crippen molar-refractivity contribution in [1.29, 1.82) is 5.26 Å². The summed E-state index contributed by atoms with van der Waals surface area (Å²) in [5.41, 5.74) is 5.18. The van der Waals surface area contributed by atoms with Gasteiger partial charge in [-0.3, -0.25) is 4.79 Å². The molecule has 1 aliphatic rings. The normalized spacial score (nSPS) is 12.5. The van der Waals surface area contributed by atoms with Crippen LogP contribution in [-0.2, 0) is 24.1 Å². The molecule has 0 heterocycles. The fraction of sp³-hybridized carbons (Fsp3) is 0.222. The van der Waals surface area contributed by atoms with E-state index in [1.807, 2.05) is 6.07 Å². The van der Waals surface area contributed by atoms with Gasteiger partial charge in [0.1, 0.15) is 0 Å². The van der Waals surface area contributed by atoms with Crippen LogP contribution in [0.4, 0.5) is 5.69 Å². The Morgan fingerprint density at radius 3 is 2.62 bits per heavy atom. The molecule has 3 nitrogen and oxygen atoms in total. The zero-order valence-electron chi connectivity index (χ0n) is 11.7. The minimum absolute atomic E-state index is 0.0299. The molecule has 2 aromatic rings. The van der Waals surface area contributed by atoms with Crippen molar-refractivity contribution in [1.82, 2.24) is 0 Å². The molecule has 0 atom stereocenters. The minimum atomic E-state index is -0.0299. The van der Waals surface area contributed by atoms with Crippen molar-refractivity contribution in [3.8, 4) is 6.07 Å². The number of nitriles is 1. The second-order valence-corrected chi connectivity index (χ2v) is 5.37. The molecule has 21 heavy (non-hydrogen) atoms. The SMILES string of the molecule is N#Cc1ccc(NC(=O)Cc2ccc3c(c2)CCC3)cc1. The molecule has 0 saturated heterocycles. The number of carbonyl (C=O) groups is 1. The van der Waals surface area contributed by atoms with Gasteiger partial charge in [0.2, 0.25) is 5.91 Å². The predicted molar refractivity (Wildman–Crippen MR) is 82.0 cm³/mol. The maximum Gasteiger partial charge on any atom is 0.228 e. The summed E-state index contributed by atoms with van der Waals surface area (Å²) in [5.74, 6) is -0.0299. The Balaban J connectivity index is 1.64. The highest BCUT2D eigenvalue weighted by atomic mass is 16.1. The zero-order valence-corrected chi connectivity index (χ0v) is 11.7. The van der Waals surface area contributed by atoms with Gasteiger partial charge >= 0.3 is 0 Å². The van der Waals surface area contributed by atoms with Crippen molar-refractivity contribution in [2.45, 2.75) is 25.7 Å². The van der Waals surface area contributed by atoms with Crippen LogP contribution >= 0.6 is 0 Å². The van der Waals surface area contributed by atoms with Gasteiger partial charge in [0.05, 0.1) is 18.1 Å². The van der Waals surface area contributed by atoms with Crippen molar-refractivity contribution in [3.63, 3.8) is 0 Å². The molecule has 1 N–H and O–H groups in total. The Kier molecular flexibility index (Phi) is 3.70. The number of nitrogens with one attached hydrogen (secondary N) is 1. The summed E-state index contributed by atoms with van der Waals surface area (Å²) < 4.78 is 0. The molecule has 2 aromatic carbocycles. The molecule has 0 saturated carbocycles. The molecule has 3 heteroatoms. The maximum absolute atomic E-state index is 12.1. The Morgan fingerprint density at radius 1 is 1.10 bits per heavy atom. The number of rotatable bonds is 3. The topological polar surface area (TPSA) is 52.9 Å². The molecule has 0 bridgehead atoms. The molecule has 0 aromatic heterocycles. The molecule has 3 rings (SSSR count). The number of hydrogen-bond acceptors (Lipinski definition) is 2. The van der Waals surface area contributed by atoms with Gasteiger partial charge < -0.3 is 5.32 Å². The molecule has 104 valence electrons. The third kappa shape index (κ3) is 3.11. The molecule has 0 unspecified atom stereocenters. The van der Waals surface area contributed by atoms with E-state index >= 15 is 0 Å². The Bertz CT molecular complexity index is 711. The summed E-state index contributed by atoms with van der Waals surface area (Å²) in [4.78, 5) is 12.1. The molecule has 0 spiro atoms. The first kappa shape index (κ1) is 13.4. The number of carbonyl (C=O) groups excluding carboxylic acids is 1. The summed E-state index contributed by atoms with van der Waals surface area (Å²) in [6.07, 6.45) is 3.89. The van der Waals surface area contributed by atoms with Gasteiger partial charge in [-0.1, -0.05) is 18.2 Å². The number of hydrogen-bond donors (Lipinski definition) is 1. The first-order valence-electron chi connectivity index (χ1n) is 7.15. The van der Waals surface area contributed by atoms with E-state index < -0.39 is 0 Å². The second-order valence-electron chi connectivity index (χ2n) is 5.37. The number of fused-ring (bicyclic) bond motifs is 1. The van der Waals surface area contributed by atoms with Crippen molar-refractivity contribution in [2.75, 3.05) is 5.32 Å². The Labute approximate surface area is 124 Å². The van der Waals surface area contributed by atoms with E-state index in [1.165, 1.54) is 17.5 Å². The third-order valence-electron chi connectivity index (χ3n) is 3.83. The summed E-state index contributed by atoms with van der Waals surface area (Å²) in [7, 11) is 0. The maximum atomic E-state index is 12.1. The van der Waals surface area contributed by atoms with Crippen molar-refractivity contribution in [3.05, 3.63) is 64.7 Å². The van der Waals surface area contributed by atoms with E-state index in [9.17, 15) is 4.79 Å². The van der Waals surface area contributed by atoms with Crippen LogP contribution in [0.15, 0.2) is 42.5 Å². The fourth-order valence-corrected chi connectivity index (χ4v) is 2.75. The van der Waals surface area contributed by atoms with E-state index in [0.717, 1.165) is 24.1 Å². The van der Waals surface area contributed by atoms with E-state index in [2.05, 4.69) is 23.5 Å². The van der Waals surface area contributed by atoms with Gasteiger partial charge in [0, 0.05) is 5.69 Å². The van der Waals surface area contributed by atoms with Crippen LogP contribution in [0.2, 0.25) is 0 Å². The quantitative estimate of drug-likeness (QED) is 0.935. The van der Waals surface area contributed by atoms with Crippen LogP contribution in [0, 0.1) is 11.3 Å². The largest absolute Gasteiger partial charge is 0.326 e. The second kappa shape index (κ2) is 5.80. The average molecular weight is 276 g/mol. The lowest BCUT2D eigenvalue weighted by atomic mass is 10.0. The van der Waals surface area contributed by atoms with Gasteiger partial charge in [-0.25, -0.2) is 0 Å². The van der Waals surface area contributed by atoms with Crippen LogP contribution in [0.5, 0.6) is 0 Å². The number of benzene rings is 2. The lowest BCUT2D eigenvalue weighted by Gasteiger charge is -2.07. The van der Waals surface area contributed by atoms with Crippen LogP contribution in [0.1, 0.15) is 28.7 Å². The molecular formula is C18H16N2O. The van der Waals surface area contributed by atoms with Crippen LogP contribution in [-0.4, -0.2) is 5.91 Å². The van der Waals surface area contributed by atoms with Gasteiger partial charge in [-0.15, -0.1) is 0 Å². The van der Waals surface area contributed by atoms with Crippen molar-refractivity contribution >= 4 is 11.6 Å². The molecule has 0 aliphatic heterocycles. The number of aryl methyl sites for hydroxylation is 2. The van der Waals surface area contributed by atoms with Crippen LogP contribution < -0.4 is 5.32 Å². The van der Waals surface area contributed by atoms with Gasteiger partial charge in [0.25, 0.3) is 0 Å². The number of amides is 1. The molecule has 1 amide bonds. The summed E-state index contributed by atoms with van der Waals surface area (Å²) in [5, 5.41) is 11.6.